The lowest BCUT2D eigenvalue weighted by atomic mass is 10.1. The van der Waals surface area contributed by atoms with E-state index in [1.807, 2.05) is 19.1 Å². The van der Waals surface area contributed by atoms with Crippen LogP contribution in [0.3, 0.4) is 0 Å². The number of nitrogens with one attached hydrogen (secondary N) is 1. The van der Waals surface area contributed by atoms with Crippen LogP contribution in [0.5, 0.6) is 5.88 Å². The van der Waals surface area contributed by atoms with Gasteiger partial charge in [-0.1, -0.05) is 24.1 Å². The Kier molecular flexibility index (Phi) is 5.68. The second kappa shape index (κ2) is 8.14. The standard InChI is InChI=1S/C19H24N4O3/c1-14-5-7-15(8-6-14)23-18(25)16(17(24)21-19(23)26)13-20-9-12-22-10-3-2-4-11-22/h5-8,13,25H,2-4,9-12H2,1H3,(H,21,24,26). The number of rotatable bonds is 5. The molecule has 138 valence electrons. The van der Waals surface area contributed by atoms with Crippen LogP contribution in [0.4, 0.5) is 0 Å². The number of piperidine rings is 1. The molecule has 7 heteroatoms. The van der Waals surface area contributed by atoms with E-state index in [4.69, 9.17) is 0 Å². The summed E-state index contributed by atoms with van der Waals surface area (Å²) in [5.41, 5.74) is 0.186. The third kappa shape index (κ3) is 4.11. The van der Waals surface area contributed by atoms with Crippen LogP contribution >= 0.6 is 0 Å². The van der Waals surface area contributed by atoms with Crippen molar-refractivity contribution in [1.82, 2.24) is 14.5 Å². The molecule has 0 atom stereocenters. The zero-order chi connectivity index (χ0) is 18.5. The minimum Gasteiger partial charge on any atom is -0.493 e. The number of aromatic hydroxyl groups is 1. The summed E-state index contributed by atoms with van der Waals surface area (Å²) in [7, 11) is 0. The molecule has 1 aromatic heterocycles. The first-order valence-corrected chi connectivity index (χ1v) is 8.94. The SMILES string of the molecule is Cc1ccc(-n2c(O)c(C=NCCN3CCCCC3)c(=O)[nH]c2=O)cc1. The number of nitrogens with zero attached hydrogens (tertiary/aromatic N) is 3. The smallest absolute Gasteiger partial charge is 0.335 e. The molecule has 0 radical (unpaired) electrons. The molecule has 0 amide bonds. The van der Waals surface area contributed by atoms with E-state index in [-0.39, 0.29) is 5.56 Å². The maximum atomic E-state index is 12.1. The van der Waals surface area contributed by atoms with E-state index in [1.165, 1.54) is 25.5 Å². The van der Waals surface area contributed by atoms with Gasteiger partial charge >= 0.3 is 5.69 Å². The van der Waals surface area contributed by atoms with Crippen molar-refractivity contribution in [3.05, 3.63) is 56.2 Å². The molecule has 7 nitrogen and oxygen atoms in total. The molecule has 0 unspecified atom stereocenters. The van der Waals surface area contributed by atoms with Crippen molar-refractivity contribution >= 4 is 6.21 Å². The lowest BCUT2D eigenvalue weighted by Crippen LogP contribution is -2.32. The fourth-order valence-corrected chi connectivity index (χ4v) is 3.13. The lowest BCUT2D eigenvalue weighted by molar-refractivity contribution is 0.235. The Bertz CT molecular complexity index is 890. The molecule has 1 saturated heterocycles. The quantitative estimate of drug-likeness (QED) is 0.793. The first kappa shape index (κ1) is 18.1. The summed E-state index contributed by atoms with van der Waals surface area (Å²) < 4.78 is 1.08. The van der Waals surface area contributed by atoms with Gasteiger partial charge in [0.05, 0.1) is 12.2 Å². The van der Waals surface area contributed by atoms with Gasteiger partial charge in [0.2, 0.25) is 5.88 Å². The first-order chi connectivity index (χ1) is 12.6. The molecular formula is C19H24N4O3. The summed E-state index contributed by atoms with van der Waals surface area (Å²) in [6.07, 6.45) is 5.06. The van der Waals surface area contributed by atoms with E-state index < -0.39 is 17.1 Å². The average molecular weight is 356 g/mol. The van der Waals surface area contributed by atoms with Crippen LogP contribution in [-0.4, -0.2) is 52.0 Å². The highest BCUT2D eigenvalue weighted by molar-refractivity contribution is 5.82. The topological polar surface area (TPSA) is 90.7 Å². The molecule has 1 fully saturated rings. The molecule has 1 aromatic carbocycles. The van der Waals surface area contributed by atoms with E-state index in [9.17, 15) is 14.7 Å². The molecule has 26 heavy (non-hydrogen) atoms. The van der Waals surface area contributed by atoms with Crippen molar-refractivity contribution in [2.24, 2.45) is 4.99 Å². The van der Waals surface area contributed by atoms with Gasteiger partial charge in [-0.15, -0.1) is 0 Å². The second-order valence-corrected chi connectivity index (χ2v) is 6.61. The highest BCUT2D eigenvalue weighted by Gasteiger charge is 2.14. The number of aliphatic imine (C=N–C) groups is 1. The van der Waals surface area contributed by atoms with Gasteiger partial charge in [0.1, 0.15) is 5.56 Å². The number of likely N-dealkylation sites (tertiary alicyclic amines) is 1. The van der Waals surface area contributed by atoms with Crippen molar-refractivity contribution in [2.75, 3.05) is 26.2 Å². The molecule has 2 aromatic rings. The Morgan fingerprint density at radius 1 is 1.15 bits per heavy atom. The van der Waals surface area contributed by atoms with Crippen molar-refractivity contribution in [3.63, 3.8) is 0 Å². The van der Waals surface area contributed by atoms with Gasteiger partial charge in [0, 0.05) is 12.8 Å². The molecule has 0 saturated carbocycles. The molecule has 1 aliphatic heterocycles. The Morgan fingerprint density at radius 2 is 1.85 bits per heavy atom. The van der Waals surface area contributed by atoms with Crippen molar-refractivity contribution in [2.45, 2.75) is 26.2 Å². The van der Waals surface area contributed by atoms with E-state index in [0.29, 0.717) is 12.2 Å². The number of aromatic nitrogens is 2. The van der Waals surface area contributed by atoms with Gasteiger partial charge in [-0.05, 0) is 45.0 Å². The predicted molar refractivity (Wildman–Crippen MR) is 102 cm³/mol. The molecule has 2 N–H and O–H groups in total. The zero-order valence-corrected chi connectivity index (χ0v) is 14.9. The number of aryl methyl sites for hydroxylation is 1. The van der Waals surface area contributed by atoms with E-state index in [0.717, 1.165) is 29.8 Å². The third-order valence-electron chi connectivity index (χ3n) is 4.63. The highest BCUT2D eigenvalue weighted by atomic mass is 16.3. The Balaban J connectivity index is 1.81. The van der Waals surface area contributed by atoms with E-state index >= 15 is 0 Å². The number of hydrogen-bond acceptors (Lipinski definition) is 5. The Hall–Kier alpha value is -2.67. The van der Waals surface area contributed by atoms with Gasteiger partial charge in [-0.2, -0.15) is 0 Å². The van der Waals surface area contributed by atoms with Gasteiger partial charge in [0.15, 0.2) is 0 Å². The minimum atomic E-state index is -0.679. The van der Waals surface area contributed by atoms with Gasteiger partial charge in [-0.25, -0.2) is 9.36 Å². The number of hydrogen-bond donors (Lipinski definition) is 2. The highest BCUT2D eigenvalue weighted by Crippen LogP contribution is 2.15. The number of aromatic amines is 1. The number of H-pyrrole nitrogens is 1. The van der Waals surface area contributed by atoms with Crippen LogP contribution in [0, 0.1) is 6.92 Å². The van der Waals surface area contributed by atoms with Crippen molar-refractivity contribution in [3.8, 4) is 11.6 Å². The van der Waals surface area contributed by atoms with Crippen molar-refractivity contribution < 1.29 is 5.11 Å². The summed E-state index contributed by atoms with van der Waals surface area (Å²) in [6, 6.07) is 7.09. The molecule has 0 spiro atoms. The average Bonchev–Trinajstić information content (AvgIpc) is 2.63. The molecule has 0 bridgehead atoms. The molecule has 0 aliphatic carbocycles. The van der Waals surface area contributed by atoms with Gasteiger partial charge in [0.25, 0.3) is 5.56 Å². The summed E-state index contributed by atoms with van der Waals surface area (Å²) >= 11 is 0. The fraction of sp³-hybridized carbons (Fsp3) is 0.421. The summed E-state index contributed by atoms with van der Waals surface area (Å²) in [6.45, 7) is 5.47. The Labute approximate surface area is 151 Å². The van der Waals surface area contributed by atoms with E-state index in [1.54, 1.807) is 12.1 Å². The molecular weight excluding hydrogens is 332 g/mol. The van der Waals surface area contributed by atoms with Gasteiger partial charge in [-0.3, -0.25) is 14.8 Å². The summed E-state index contributed by atoms with van der Waals surface area (Å²) in [5, 5.41) is 10.5. The maximum absolute atomic E-state index is 12.1. The third-order valence-corrected chi connectivity index (χ3v) is 4.63. The van der Waals surface area contributed by atoms with Crippen LogP contribution in [0.25, 0.3) is 5.69 Å². The minimum absolute atomic E-state index is 0.0104. The predicted octanol–water partition coefficient (Wildman–Crippen LogP) is 1.44. The van der Waals surface area contributed by atoms with Crippen LogP contribution < -0.4 is 11.2 Å². The number of benzene rings is 1. The fourth-order valence-electron chi connectivity index (χ4n) is 3.13. The molecule has 1 aliphatic rings. The summed E-state index contributed by atoms with van der Waals surface area (Å²) in [4.78, 5) is 33.1. The van der Waals surface area contributed by atoms with Crippen molar-refractivity contribution in [1.29, 1.82) is 0 Å². The summed E-state index contributed by atoms with van der Waals surface area (Å²) in [5.74, 6) is -0.399. The maximum Gasteiger partial charge on any atom is 0.335 e. The van der Waals surface area contributed by atoms with Crippen LogP contribution in [0.15, 0.2) is 38.8 Å². The monoisotopic (exact) mass is 356 g/mol. The molecule has 3 rings (SSSR count). The van der Waals surface area contributed by atoms with Gasteiger partial charge < -0.3 is 10.0 Å². The second-order valence-electron chi connectivity index (χ2n) is 6.61. The Morgan fingerprint density at radius 3 is 2.54 bits per heavy atom. The van der Waals surface area contributed by atoms with Crippen LogP contribution in [0.1, 0.15) is 30.4 Å². The largest absolute Gasteiger partial charge is 0.493 e. The zero-order valence-electron chi connectivity index (χ0n) is 14.9. The van der Waals surface area contributed by atoms with Crippen LogP contribution in [0.2, 0.25) is 0 Å². The molecule has 2 heterocycles. The van der Waals surface area contributed by atoms with Crippen LogP contribution in [-0.2, 0) is 0 Å². The van der Waals surface area contributed by atoms with E-state index in [2.05, 4.69) is 14.9 Å². The first-order valence-electron chi connectivity index (χ1n) is 8.94. The normalized spacial score (nSPS) is 15.6. The lowest BCUT2D eigenvalue weighted by Gasteiger charge is -2.25.